The second kappa shape index (κ2) is 4.38. The molecule has 9 heteroatoms. The number of anilines is 1. The van der Waals surface area contributed by atoms with E-state index in [1.165, 1.54) is 17.2 Å². The minimum Gasteiger partial charge on any atom is -0.394 e. The van der Waals surface area contributed by atoms with E-state index in [4.69, 9.17) is 15.6 Å². The maximum atomic E-state index is 9.95. The first-order valence-corrected chi connectivity index (χ1v) is 5.69. The van der Waals surface area contributed by atoms with E-state index in [2.05, 4.69) is 15.0 Å². The average Bonchev–Trinajstić information content (AvgIpc) is 2.94. The van der Waals surface area contributed by atoms with E-state index >= 15 is 0 Å². The molecule has 3 rings (SSSR count). The van der Waals surface area contributed by atoms with Crippen molar-refractivity contribution < 1.29 is 20.1 Å². The van der Waals surface area contributed by atoms with Crippen LogP contribution in [0.3, 0.4) is 0 Å². The van der Waals surface area contributed by atoms with Gasteiger partial charge in [-0.05, 0) is 0 Å². The Morgan fingerprint density at radius 2 is 2.05 bits per heavy atom. The molecule has 5 N–H and O–H groups in total. The largest absolute Gasteiger partial charge is 0.394 e. The molecule has 102 valence electrons. The number of imidazole rings is 1. The molecule has 2 aromatic rings. The SMILES string of the molecule is [15NH2]c1ncnc2c1[15n][13cH]n2[C@@H]1O[C@H](CO)[C@@H](O)[C@H]1O. The number of aliphatic hydroxyl groups is 3. The molecule has 9 nitrogen and oxygen atoms in total. The van der Waals surface area contributed by atoms with E-state index in [0.29, 0.717) is 11.2 Å². The van der Waals surface area contributed by atoms with Gasteiger partial charge in [-0.2, -0.15) is 0 Å². The molecule has 2 aromatic heterocycles. The van der Waals surface area contributed by atoms with Crippen LogP contribution in [0.15, 0.2) is 12.7 Å². The van der Waals surface area contributed by atoms with Gasteiger partial charge in [-0.15, -0.1) is 0 Å². The summed E-state index contributed by atoms with van der Waals surface area (Å²) in [4.78, 5) is 11.9. The Balaban J connectivity index is 2.04. The molecule has 3 heterocycles. The molecular weight excluding hydrogens is 257 g/mol. The molecule has 0 spiro atoms. The van der Waals surface area contributed by atoms with Crippen LogP contribution < -0.4 is 5.73 Å². The van der Waals surface area contributed by atoms with Gasteiger partial charge in [-0.3, -0.25) is 4.57 Å². The first-order valence-electron chi connectivity index (χ1n) is 5.69. The van der Waals surface area contributed by atoms with Gasteiger partial charge >= 0.3 is 0 Å². The summed E-state index contributed by atoms with van der Waals surface area (Å²) in [5, 5.41) is 28.7. The molecule has 1 fully saturated rings. The highest BCUT2D eigenvalue weighted by Crippen LogP contribution is 2.31. The Hall–Kier alpha value is -1.81. The van der Waals surface area contributed by atoms with E-state index in [1.807, 2.05) is 0 Å². The summed E-state index contributed by atoms with van der Waals surface area (Å²) in [6.45, 7) is -0.390. The Labute approximate surface area is 107 Å². The summed E-state index contributed by atoms with van der Waals surface area (Å²) in [7, 11) is 0. The molecule has 0 radical (unpaired) electrons. The van der Waals surface area contributed by atoms with Crippen LogP contribution >= 0.6 is 0 Å². The smallest absolute Gasteiger partial charge is 0.167 e. The van der Waals surface area contributed by atoms with Crippen molar-refractivity contribution in [2.24, 2.45) is 0 Å². The quantitative estimate of drug-likeness (QED) is 0.460. The first kappa shape index (κ1) is 12.2. The van der Waals surface area contributed by atoms with Crippen molar-refractivity contribution in [1.82, 2.24) is 19.5 Å². The lowest BCUT2D eigenvalue weighted by Crippen LogP contribution is -2.33. The fourth-order valence-corrected chi connectivity index (χ4v) is 2.17. The highest BCUT2D eigenvalue weighted by Gasteiger charge is 2.43. The van der Waals surface area contributed by atoms with Crippen molar-refractivity contribution in [3.8, 4) is 0 Å². The Bertz CT molecular complexity index is 603. The average molecular weight is 270 g/mol. The van der Waals surface area contributed by atoms with Crippen LogP contribution in [0.5, 0.6) is 0 Å². The third-order valence-electron chi connectivity index (χ3n) is 3.18. The van der Waals surface area contributed by atoms with Gasteiger partial charge in [0.15, 0.2) is 17.7 Å². The third-order valence-corrected chi connectivity index (χ3v) is 3.18. The lowest BCUT2D eigenvalue weighted by molar-refractivity contribution is -0.0511. The van der Waals surface area contributed by atoms with Crippen molar-refractivity contribution in [1.29, 1.82) is 0 Å². The van der Waals surface area contributed by atoms with E-state index in [-0.39, 0.29) is 5.82 Å². The van der Waals surface area contributed by atoms with Crippen molar-refractivity contribution in [3.63, 3.8) is 0 Å². The van der Waals surface area contributed by atoms with Gasteiger partial charge in [0.05, 0.1) is 12.9 Å². The molecule has 1 aliphatic heterocycles. The lowest BCUT2D eigenvalue weighted by atomic mass is 10.1. The number of nitrogens with two attached hydrogens (primary N) is 1. The zero-order chi connectivity index (χ0) is 13.6. The normalized spacial score (nSPS) is 31.1. The number of hydrogen-bond acceptors (Lipinski definition) is 8. The monoisotopic (exact) mass is 270 g/mol. The summed E-state index contributed by atoms with van der Waals surface area (Å²) < 4.78 is 6.85. The molecule has 4 atom stereocenters. The topological polar surface area (TPSA) is 140 Å². The highest BCUT2D eigenvalue weighted by atomic mass is 16.6. The molecular formula is C10H13N5O4. The highest BCUT2D eigenvalue weighted by molar-refractivity contribution is 5.81. The Morgan fingerprint density at radius 1 is 1.26 bits per heavy atom. The summed E-state index contributed by atoms with van der Waals surface area (Å²) >= 11 is 0. The summed E-state index contributed by atoms with van der Waals surface area (Å²) in [6.07, 6.45) is -1.42. The van der Waals surface area contributed by atoms with Crippen LogP contribution in [0.25, 0.3) is 11.2 Å². The maximum absolute atomic E-state index is 9.95. The van der Waals surface area contributed by atoms with Gasteiger partial charge in [0.1, 0.15) is 30.2 Å². The zero-order valence-corrected chi connectivity index (χ0v) is 9.79. The molecule has 0 amide bonds. The van der Waals surface area contributed by atoms with Crippen molar-refractivity contribution >= 4 is 17.0 Å². The number of aromatic nitrogens is 4. The van der Waals surface area contributed by atoms with Crippen LogP contribution in [0.2, 0.25) is 0 Å². The minimum absolute atomic E-state index is 0.218. The summed E-state index contributed by atoms with van der Waals surface area (Å²) in [5.41, 5.74) is 6.44. The predicted molar refractivity (Wildman–Crippen MR) is 62.7 cm³/mol. The minimum atomic E-state index is -1.19. The molecule has 0 bridgehead atoms. The second-order valence-electron chi connectivity index (χ2n) is 4.31. The van der Waals surface area contributed by atoms with Gasteiger partial charge in [0.25, 0.3) is 0 Å². The summed E-state index contributed by atoms with van der Waals surface area (Å²) in [6, 6.07) is 0. The molecule has 0 saturated carbocycles. The van der Waals surface area contributed by atoms with Crippen molar-refractivity contribution in [2.45, 2.75) is 24.5 Å². The number of nitrogens with zero attached hydrogens (tertiary/aromatic N) is 4. The van der Waals surface area contributed by atoms with E-state index in [1.54, 1.807) is 0 Å². The van der Waals surface area contributed by atoms with Gasteiger partial charge < -0.3 is 25.8 Å². The first-order chi connectivity index (χ1) is 9.13. The van der Waals surface area contributed by atoms with Gasteiger partial charge in [-0.1, -0.05) is 0 Å². The molecule has 1 saturated heterocycles. The fraction of sp³-hybridized carbons (Fsp3) is 0.500. The molecule has 0 aliphatic carbocycles. The molecule has 1 aliphatic rings. The number of nitrogen functional groups attached to an aromatic ring is 1. The van der Waals surface area contributed by atoms with E-state index in [0.717, 1.165) is 0 Å². The Morgan fingerprint density at radius 3 is 2.74 bits per heavy atom. The fourth-order valence-electron chi connectivity index (χ4n) is 2.17. The number of ether oxygens (including phenoxy) is 1. The maximum Gasteiger partial charge on any atom is 0.167 e. The third kappa shape index (κ3) is 1.75. The predicted octanol–water partition coefficient (Wildman–Crippen LogP) is -1.98. The van der Waals surface area contributed by atoms with Gasteiger partial charge in [-0.25, -0.2) is 15.0 Å². The second-order valence-corrected chi connectivity index (χ2v) is 4.31. The summed E-state index contributed by atoms with van der Waals surface area (Å²) in [5.74, 6) is 0.218. The van der Waals surface area contributed by atoms with Crippen molar-refractivity contribution in [2.75, 3.05) is 12.3 Å². The van der Waals surface area contributed by atoms with Gasteiger partial charge in [0.2, 0.25) is 0 Å². The zero-order valence-electron chi connectivity index (χ0n) is 9.79. The van der Waals surface area contributed by atoms with Crippen LogP contribution in [-0.2, 0) is 4.74 Å². The van der Waals surface area contributed by atoms with E-state index < -0.39 is 31.1 Å². The number of rotatable bonds is 2. The van der Waals surface area contributed by atoms with Crippen LogP contribution in [0.1, 0.15) is 6.23 Å². The Kier molecular flexibility index (Phi) is 2.82. The molecule has 0 unspecified atom stereocenters. The van der Waals surface area contributed by atoms with Crippen molar-refractivity contribution in [3.05, 3.63) is 12.7 Å². The van der Waals surface area contributed by atoms with Crippen LogP contribution in [-0.4, -0.2) is 59.8 Å². The van der Waals surface area contributed by atoms with E-state index in [9.17, 15) is 10.2 Å². The number of fused-ring (bicyclic) bond motifs is 1. The van der Waals surface area contributed by atoms with Gasteiger partial charge in [0, 0.05) is 0 Å². The standard InChI is InChI=1S/C10H13N5O4/c11-8-5-9(13-2-12-8)15(3-14-5)10-7(18)6(17)4(1-16)19-10/h2-4,6-7,10,16-18H,1H2,(H2,11,12,13)/t4-,6-,7-,10-/m1/s1/i3+1,11+1,14+1. The number of hydrogen-bond donors (Lipinski definition) is 4. The number of aliphatic hydroxyl groups excluding tert-OH is 3. The molecule has 0 aromatic carbocycles. The van der Waals surface area contributed by atoms with Crippen LogP contribution in [0.4, 0.5) is 5.82 Å². The van der Waals surface area contributed by atoms with Crippen LogP contribution in [0, 0.1) is 0 Å². The lowest BCUT2D eigenvalue weighted by Gasteiger charge is -2.16. The molecule has 19 heavy (non-hydrogen) atoms.